The first-order valence-electron chi connectivity index (χ1n) is 10.4. The number of benzene rings is 2. The number of hydrogen-bond acceptors (Lipinski definition) is 4. The van der Waals surface area contributed by atoms with Crippen molar-refractivity contribution in [2.24, 2.45) is 4.99 Å². The average Bonchev–Trinajstić information content (AvgIpc) is 3.25. The zero-order chi connectivity index (χ0) is 21.0. The van der Waals surface area contributed by atoms with Gasteiger partial charge in [-0.3, -0.25) is 0 Å². The quantitative estimate of drug-likeness (QED) is 0.205. The average molecular weight is 551 g/mol. The van der Waals surface area contributed by atoms with E-state index in [0.717, 1.165) is 35.1 Å². The fourth-order valence-corrected chi connectivity index (χ4v) is 3.75. The lowest BCUT2D eigenvalue weighted by Gasteiger charge is -2.10. The number of rotatable bonds is 10. The molecule has 0 saturated heterocycles. The maximum Gasteiger partial charge on any atom is 0.191 e. The standard InChI is InChI=1S/C24H30N4OS.HI/c1-3-22-15-26-23(30-22)16-28-24(25-4-2)27-14-20-11-8-12-21(13-20)18-29-17-19-9-6-5-7-10-19;/h5-13,15H,3-4,14,16-18H2,1-2H3,(H2,25,27,28);1H. The van der Waals surface area contributed by atoms with Gasteiger partial charge in [0.25, 0.3) is 0 Å². The van der Waals surface area contributed by atoms with Gasteiger partial charge >= 0.3 is 0 Å². The molecule has 1 aromatic heterocycles. The van der Waals surface area contributed by atoms with Crippen molar-refractivity contribution in [2.75, 3.05) is 6.54 Å². The van der Waals surface area contributed by atoms with Gasteiger partial charge in [0, 0.05) is 17.6 Å². The number of aryl methyl sites for hydroxylation is 1. The van der Waals surface area contributed by atoms with Gasteiger partial charge in [-0.15, -0.1) is 35.3 Å². The maximum atomic E-state index is 5.86. The second-order valence-electron chi connectivity index (χ2n) is 6.92. The third-order valence-corrected chi connectivity index (χ3v) is 5.63. The summed E-state index contributed by atoms with van der Waals surface area (Å²) in [6.07, 6.45) is 2.98. The lowest BCUT2D eigenvalue weighted by molar-refractivity contribution is 0.107. The van der Waals surface area contributed by atoms with Gasteiger partial charge in [0.1, 0.15) is 5.01 Å². The lowest BCUT2D eigenvalue weighted by Crippen LogP contribution is -2.36. The van der Waals surface area contributed by atoms with Gasteiger partial charge in [-0.05, 0) is 30.0 Å². The van der Waals surface area contributed by atoms with Crippen molar-refractivity contribution >= 4 is 41.3 Å². The molecule has 0 atom stereocenters. The monoisotopic (exact) mass is 550 g/mol. The van der Waals surface area contributed by atoms with Crippen LogP contribution < -0.4 is 10.6 Å². The summed E-state index contributed by atoms with van der Waals surface area (Å²) in [6.45, 7) is 7.54. The fourth-order valence-electron chi connectivity index (χ4n) is 2.94. The van der Waals surface area contributed by atoms with E-state index in [1.807, 2.05) is 24.4 Å². The summed E-state index contributed by atoms with van der Waals surface area (Å²) in [5, 5.41) is 7.75. The first kappa shape index (κ1) is 25.3. The number of nitrogens with zero attached hydrogens (tertiary/aromatic N) is 2. The van der Waals surface area contributed by atoms with Crippen LogP contribution in [0.4, 0.5) is 0 Å². The first-order chi connectivity index (χ1) is 14.8. The minimum atomic E-state index is 0. The van der Waals surface area contributed by atoms with Crippen molar-refractivity contribution in [3.8, 4) is 0 Å². The maximum absolute atomic E-state index is 5.86. The SMILES string of the molecule is CCNC(=NCc1cccc(COCc2ccccc2)c1)NCc1ncc(CC)s1.I. The van der Waals surface area contributed by atoms with Gasteiger partial charge < -0.3 is 15.4 Å². The van der Waals surface area contributed by atoms with E-state index >= 15 is 0 Å². The molecule has 0 amide bonds. The Labute approximate surface area is 206 Å². The van der Waals surface area contributed by atoms with Crippen LogP contribution in [-0.2, 0) is 37.5 Å². The largest absolute Gasteiger partial charge is 0.372 e. The third kappa shape index (κ3) is 8.96. The predicted molar refractivity (Wildman–Crippen MR) is 140 cm³/mol. The van der Waals surface area contributed by atoms with Crippen LogP contribution in [0.25, 0.3) is 0 Å². The van der Waals surface area contributed by atoms with E-state index in [1.54, 1.807) is 11.3 Å². The highest BCUT2D eigenvalue weighted by atomic mass is 127. The number of aromatic nitrogens is 1. The summed E-state index contributed by atoms with van der Waals surface area (Å²) in [4.78, 5) is 10.5. The summed E-state index contributed by atoms with van der Waals surface area (Å²) in [5.41, 5.74) is 3.51. The number of nitrogens with one attached hydrogen (secondary N) is 2. The van der Waals surface area contributed by atoms with Crippen molar-refractivity contribution in [1.29, 1.82) is 0 Å². The Morgan fingerprint density at radius 1 is 0.968 bits per heavy atom. The Morgan fingerprint density at radius 2 is 1.71 bits per heavy atom. The molecule has 0 aliphatic heterocycles. The van der Waals surface area contributed by atoms with Crippen molar-refractivity contribution in [3.05, 3.63) is 87.4 Å². The van der Waals surface area contributed by atoms with E-state index < -0.39 is 0 Å². The van der Waals surface area contributed by atoms with Crippen LogP contribution in [0.5, 0.6) is 0 Å². The van der Waals surface area contributed by atoms with Gasteiger partial charge in [-0.2, -0.15) is 0 Å². The molecule has 0 fully saturated rings. The van der Waals surface area contributed by atoms with Crippen molar-refractivity contribution in [1.82, 2.24) is 15.6 Å². The molecular weight excluding hydrogens is 519 g/mol. The summed E-state index contributed by atoms with van der Waals surface area (Å²) in [6, 6.07) is 18.7. The van der Waals surface area contributed by atoms with E-state index in [1.165, 1.54) is 10.4 Å². The molecule has 0 unspecified atom stereocenters. The van der Waals surface area contributed by atoms with Gasteiger partial charge in [0.2, 0.25) is 0 Å². The molecular formula is C24H31IN4OS. The molecule has 3 aromatic rings. The lowest BCUT2D eigenvalue weighted by atomic mass is 10.1. The van der Waals surface area contributed by atoms with E-state index in [0.29, 0.717) is 26.3 Å². The second kappa shape index (κ2) is 14.2. The van der Waals surface area contributed by atoms with Crippen LogP contribution in [0.3, 0.4) is 0 Å². The van der Waals surface area contributed by atoms with E-state index in [2.05, 4.69) is 65.9 Å². The first-order valence-corrected chi connectivity index (χ1v) is 11.2. The highest BCUT2D eigenvalue weighted by Gasteiger charge is 2.03. The van der Waals surface area contributed by atoms with Crippen LogP contribution in [-0.4, -0.2) is 17.5 Å². The highest BCUT2D eigenvalue weighted by Crippen LogP contribution is 2.13. The van der Waals surface area contributed by atoms with Crippen LogP contribution >= 0.6 is 35.3 Å². The smallest absolute Gasteiger partial charge is 0.191 e. The molecule has 0 aliphatic carbocycles. The zero-order valence-corrected chi connectivity index (χ0v) is 21.3. The van der Waals surface area contributed by atoms with Gasteiger partial charge in [-0.1, -0.05) is 61.5 Å². The molecule has 0 aliphatic rings. The molecule has 2 N–H and O–H groups in total. The molecule has 0 saturated carbocycles. The number of ether oxygens (including phenoxy) is 1. The number of aliphatic imine (C=N–C) groups is 1. The van der Waals surface area contributed by atoms with Crippen LogP contribution in [0.15, 0.2) is 65.8 Å². The highest BCUT2D eigenvalue weighted by molar-refractivity contribution is 14.0. The Balaban J connectivity index is 0.00000341. The van der Waals surface area contributed by atoms with Gasteiger partial charge in [-0.25, -0.2) is 9.98 Å². The Bertz CT molecular complexity index is 930. The molecule has 0 radical (unpaired) electrons. The fraction of sp³-hybridized carbons (Fsp3) is 0.333. The van der Waals surface area contributed by atoms with E-state index in [-0.39, 0.29) is 24.0 Å². The Hall–Kier alpha value is -1.97. The second-order valence-corrected chi connectivity index (χ2v) is 8.12. The molecule has 5 nitrogen and oxygen atoms in total. The van der Waals surface area contributed by atoms with E-state index in [4.69, 9.17) is 9.73 Å². The topological polar surface area (TPSA) is 58.5 Å². The molecule has 0 spiro atoms. The van der Waals surface area contributed by atoms with Crippen LogP contribution in [0.2, 0.25) is 0 Å². The molecule has 31 heavy (non-hydrogen) atoms. The third-order valence-electron chi connectivity index (χ3n) is 4.49. The Kier molecular flexibility index (Phi) is 11.6. The number of thiazole rings is 1. The summed E-state index contributed by atoms with van der Waals surface area (Å²) < 4.78 is 5.86. The summed E-state index contributed by atoms with van der Waals surface area (Å²) in [7, 11) is 0. The van der Waals surface area contributed by atoms with Gasteiger partial charge in [0.05, 0.1) is 26.3 Å². The van der Waals surface area contributed by atoms with E-state index in [9.17, 15) is 0 Å². The minimum Gasteiger partial charge on any atom is -0.372 e. The normalized spacial score (nSPS) is 11.1. The zero-order valence-electron chi connectivity index (χ0n) is 18.1. The molecule has 166 valence electrons. The summed E-state index contributed by atoms with van der Waals surface area (Å²) in [5.74, 6) is 0.802. The Morgan fingerprint density at radius 3 is 2.45 bits per heavy atom. The van der Waals surface area contributed by atoms with Gasteiger partial charge in [0.15, 0.2) is 5.96 Å². The molecule has 0 bridgehead atoms. The van der Waals surface area contributed by atoms with Crippen LogP contribution in [0.1, 0.15) is 40.4 Å². The van der Waals surface area contributed by atoms with Crippen molar-refractivity contribution in [2.45, 2.75) is 46.6 Å². The number of halogens is 1. The number of hydrogen-bond donors (Lipinski definition) is 2. The van der Waals surface area contributed by atoms with Crippen LogP contribution in [0, 0.1) is 0 Å². The predicted octanol–water partition coefficient (Wildman–Crippen LogP) is 5.30. The molecule has 1 heterocycles. The number of guanidine groups is 1. The summed E-state index contributed by atoms with van der Waals surface area (Å²) >= 11 is 1.75. The van der Waals surface area contributed by atoms with Crippen molar-refractivity contribution < 1.29 is 4.74 Å². The van der Waals surface area contributed by atoms with Crippen molar-refractivity contribution in [3.63, 3.8) is 0 Å². The molecule has 2 aromatic carbocycles. The molecule has 7 heteroatoms. The molecule has 3 rings (SSSR count). The minimum absolute atomic E-state index is 0.